The van der Waals surface area contributed by atoms with Gasteiger partial charge in [-0.25, -0.2) is 0 Å². The number of hydroxylamine groups is 2. The van der Waals surface area contributed by atoms with Crippen molar-refractivity contribution in [1.29, 1.82) is 0 Å². The average molecular weight is 160 g/mol. The van der Waals surface area contributed by atoms with Crippen LogP contribution < -0.4 is 0 Å². The highest BCUT2D eigenvalue weighted by Crippen LogP contribution is 2.22. The van der Waals surface area contributed by atoms with Crippen LogP contribution in [0.3, 0.4) is 0 Å². The van der Waals surface area contributed by atoms with E-state index in [-0.39, 0.29) is 11.5 Å². The van der Waals surface area contributed by atoms with E-state index in [1.54, 1.807) is 0 Å². The van der Waals surface area contributed by atoms with Crippen LogP contribution in [0.5, 0.6) is 0 Å². The zero-order valence-corrected chi connectivity index (χ0v) is 8.05. The molecule has 0 spiro atoms. The molecule has 68 valence electrons. The summed E-state index contributed by atoms with van der Waals surface area (Å²) in [6, 6.07) is 0. The minimum atomic E-state index is -0.00231. The lowest BCUT2D eigenvalue weighted by molar-refractivity contribution is -0.150. The number of hydrogen-bond donors (Lipinski definition) is 0. The van der Waals surface area contributed by atoms with E-state index in [0.29, 0.717) is 5.23 Å². The molecule has 0 rings (SSSR count). The SMILES string of the molecule is CC(CC(C)(C)C)ON(C)[O-]. The van der Waals surface area contributed by atoms with Crippen LogP contribution in [0.1, 0.15) is 34.1 Å². The van der Waals surface area contributed by atoms with Crippen LogP contribution in [0.25, 0.3) is 0 Å². The molecule has 0 saturated heterocycles. The molecule has 3 heteroatoms. The molecule has 0 amide bonds. The highest BCUT2D eigenvalue weighted by molar-refractivity contribution is 4.65. The fraction of sp³-hybridized carbons (Fsp3) is 1.00. The van der Waals surface area contributed by atoms with Crippen molar-refractivity contribution in [3.8, 4) is 0 Å². The lowest BCUT2D eigenvalue weighted by atomic mass is 9.90. The van der Waals surface area contributed by atoms with Gasteiger partial charge in [0.2, 0.25) is 0 Å². The van der Waals surface area contributed by atoms with Crippen LogP contribution >= 0.6 is 0 Å². The fourth-order valence-electron chi connectivity index (χ4n) is 1.15. The molecule has 0 aliphatic rings. The predicted octanol–water partition coefficient (Wildman–Crippen LogP) is 2.17. The Bertz CT molecular complexity index is 107. The summed E-state index contributed by atoms with van der Waals surface area (Å²) in [4.78, 5) is 4.90. The number of nitrogens with zero attached hydrogens (tertiary/aromatic N) is 1. The topological polar surface area (TPSA) is 35.5 Å². The van der Waals surface area contributed by atoms with Crippen molar-refractivity contribution in [2.24, 2.45) is 5.41 Å². The summed E-state index contributed by atoms with van der Waals surface area (Å²) in [5, 5.41) is 10.9. The van der Waals surface area contributed by atoms with E-state index in [0.717, 1.165) is 6.42 Å². The summed E-state index contributed by atoms with van der Waals surface area (Å²) in [6.45, 7) is 8.27. The van der Waals surface area contributed by atoms with E-state index in [1.807, 2.05) is 6.92 Å². The van der Waals surface area contributed by atoms with Gasteiger partial charge in [-0.1, -0.05) is 20.8 Å². The molecule has 0 aromatic rings. The van der Waals surface area contributed by atoms with E-state index in [1.165, 1.54) is 7.05 Å². The second-order valence-corrected chi connectivity index (χ2v) is 4.12. The minimum absolute atomic E-state index is 0.00231. The highest BCUT2D eigenvalue weighted by atomic mass is 16.9. The van der Waals surface area contributed by atoms with Crippen LogP contribution in [-0.2, 0) is 4.84 Å². The molecule has 0 aromatic carbocycles. The van der Waals surface area contributed by atoms with Gasteiger partial charge in [0.1, 0.15) is 0 Å². The lowest BCUT2D eigenvalue weighted by Gasteiger charge is -2.29. The van der Waals surface area contributed by atoms with Crippen molar-refractivity contribution in [2.45, 2.75) is 40.2 Å². The third-order valence-electron chi connectivity index (χ3n) is 1.23. The monoisotopic (exact) mass is 160 g/mol. The molecule has 0 bridgehead atoms. The molecule has 0 N–H and O–H groups in total. The lowest BCUT2D eigenvalue weighted by Crippen LogP contribution is -2.23. The average Bonchev–Trinajstić information content (AvgIpc) is 1.53. The van der Waals surface area contributed by atoms with Gasteiger partial charge >= 0.3 is 0 Å². The molecule has 0 fully saturated rings. The molecular formula is C8H18NO2-. The maximum Gasteiger partial charge on any atom is 0.0758 e. The molecule has 1 atom stereocenters. The standard InChI is InChI=1S/C8H18NO2/c1-7(11-9(5)10)6-8(2,3)4/h7H,6H2,1-5H3/q-1. The van der Waals surface area contributed by atoms with E-state index < -0.39 is 0 Å². The largest absolute Gasteiger partial charge is 0.762 e. The summed E-state index contributed by atoms with van der Waals surface area (Å²) in [5.74, 6) is 0. The van der Waals surface area contributed by atoms with Crippen molar-refractivity contribution >= 4 is 0 Å². The molecule has 0 radical (unpaired) electrons. The van der Waals surface area contributed by atoms with E-state index in [9.17, 15) is 5.21 Å². The first kappa shape index (κ1) is 10.9. The summed E-state index contributed by atoms with van der Waals surface area (Å²) < 4.78 is 0. The smallest absolute Gasteiger partial charge is 0.0758 e. The second-order valence-electron chi connectivity index (χ2n) is 4.12. The van der Waals surface area contributed by atoms with Gasteiger partial charge in [-0.3, -0.25) is 5.23 Å². The first-order chi connectivity index (χ1) is 4.81. The maximum atomic E-state index is 10.4. The van der Waals surface area contributed by atoms with Crippen molar-refractivity contribution in [3.05, 3.63) is 5.21 Å². The molecule has 0 heterocycles. The first-order valence-electron chi connectivity index (χ1n) is 3.89. The summed E-state index contributed by atoms with van der Waals surface area (Å²) in [5.41, 5.74) is 0.218. The van der Waals surface area contributed by atoms with Crippen LogP contribution in [0, 0.1) is 10.6 Å². The maximum absolute atomic E-state index is 10.4. The number of rotatable bonds is 3. The third kappa shape index (κ3) is 7.78. The van der Waals surface area contributed by atoms with Crippen LogP contribution in [0.15, 0.2) is 0 Å². The van der Waals surface area contributed by atoms with Crippen molar-refractivity contribution < 1.29 is 4.84 Å². The van der Waals surface area contributed by atoms with Crippen LogP contribution in [0.2, 0.25) is 0 Å². The Hall–Kier alpha value is -0.120. The quantitative estimate of drug-likeness (QED) is 0.593. The van der Waals surface area contributed by atoms with E-state index >= 15 is 0 Å². The Balaban J connectivity index is 3.61. The summed E-state index contributed by atoms with van der Waals surface area (Å²) in [7, 11) is 1.36. The van der Waals surface area contributed by atoms with Crippen molar-refractivity contribution in [2.75, 3.05) is 7.05 Å². The Morgan fingerprint density at radius 1 is 1.45 bits per heavy atom. The Labute approximate surface area is 68.9 Å². The van der Waals surface area contributed by atoms with Crippen LogP contribution in [-0.4, -0.2) is 18.4 Å². The molecule has 0 aromatic heterocycles. The summed E-state index contributed by atoms with van der Waals surface area (Å²) in [6.07, 6.45) is 0.886. The normalized spacial score (nSPS) is 15.5. The Kier molecular flexibility index (Phi) is 4.00. The fourth-order valence-corrected chi connectivity index (χ4v) is 1.15. The zero-order chi connectivity index (χ0) is 9.07. The predicted molar refractivity (Wildman–Crippen MR) is 45.7 cm³/mol. The molecular weight excluding hydrogens is 142 g/mol. The van der Waals surface area contributed by atoms with Crippen molar-refractivity contribution in [3.63, 3.8) is 0 Å². The molecule has 1 unspecified atom stereocenters. The summed E-state index contributed by atoms with van der Waals surface area (Å²) >= 11 is 0. The molecule has 11 heavy (non-hydrogen) atoms. The third-order valence-corrected chi connectivity index (χ3v) is 1.23. The molecule has 3 nitrogen and oxygen atoms in total. The molecule has 0 aliphatic carbocycles. The van der Waals surface area contributed by atoms with Gasteiger partial charge in [-0.2, -0.15) is 0 Å². The van der Waals surface area contributed by atoms with E-state index in [4.69, 9.17) is 4.84 Å². The Morgan fingerprint density at radius 2 is 1.91 bits per heavy atom. The van der Waals surface area contributed by atoms with Gasteiger partial charge in [-0.15, -0.1) is 0 Å². The van der Waals surface area contributed by atoms with Gasteiger partial charge < -0.3 is 10.0 Å². The first-order valence-corrected chi connectivity index (χ1v) is 3.89. The Morgan fingerprint density at radius 3 is 2.18 bits per heavy atom. The minimum Gasteiger partial charge on any atom is -0.762 e. The van der Waals surface area contributed by atoms with Gasteiger partial charge in [0, 0.05) is 0 Å². The van der Waals surface area contributed by atoms with Crippen molar-refractivity contribution in [1.82, 2.24) is 5.23 Å². The number of hydrogen-bond acceptors (Lipinski definition) is 3. The van der Waals surface area contributed by atoms with Gasteiger partial charge in [0.25, 0.3) is 0 Å². The van der Waals surface area contributed by atoms with E-state index in [2.05, 4.69) is 20.8 Å². The van der Waals surface area contributed by atoms with Crippen LogP contribution in [0.4, 0.5) is 0 Å². The second kappa shape index (κ2) is 4.04. The van der Waals surface area contributed by atoms with Gasteiger partial charge in [0.15, 0.2) is 0 Å². The molecule has 0 saturated carbocycles. The highest BCUT2D eigenvalue weighted by Gasteiger charge is 2.15. The van der Waals surface area contributed by atoms with Gasteiger partial charge in [-0.05, 0) is 25.8 Å². The molecule has 0 aliphatic heterocycles. The zero-order valence-electron chi connectivity index (χ0n) is 8.05. The van der Waals surface area contributed by atoms with Gasteiger partial charge in [0.05, 0.1) is 6.10 Å².